The van der Waals surface area contributed by atoms with E-state index in [9.17, 15) is 5.11 Å². The molecular weight excluding hydrogens is 226 g/mol. The fraction of sp³-hybridized carbons (Fsp3) is 0.583. The van der Waals surface area contributed by atoms with E-state index in [0.29, 0.717) is 17.4 Å². The van der Waals surface area contributed by atoms with Crippen molar-refractivity contribution in [3.05, 3.63) is 29.0 Å². The monoisotopic (exact) mass is 241 g/mol. The van der Waals surface area contributed by atoms with Gasteiger partial charge in [-0.1, -0.05) is 11.6 Å². The van der Waals surface area contributed by atoms with Crippen LogP contribution in [0.2, 0.25) is 5.02 Å². The number of aliphatic hydroxyl groups excluding tert-OH is 1. The number of rotatable bonds is 4. The average Bonchev–Trinajstić information content (AvgIpc) is 2.74. The maximum atomic E-state index is 9.95. The number of aliphatic hydroxyl groups is 1. The van der Waals surface area contributed by atoms with Crippen LogP contribution in [0.25, 0.3) is 0 Å². The summed E-state index contributed by atoms with van der Waals surface area (Å²) in [5, 5.41) is 10.6. The minimum atomic E-state index is -0.341. The van der Waals surface area contributed by atoms with Crippen LogP contribution in [0.15, 0.2) is 18.5 Å². The number of pyridine rings is 1. The summed E-state index contributed by atoms with van der Waals surface area (Å²) < 4.78 is 5.28. The van der Waals surface area contributed by atoms with E-state index in [4.69, 9.17) is 16.3 Å². The summed E-state index contributed by atoms with van der Waals surface area (Å²) in [5.41, 5.74) is 0.961. The topological polar surface area (TPSA) is 42.4 Å². The number of nitrogens with zero attached hydrogens (tertiary/aromatic N) is 1. The molecule has 1 aromatic heterocycles. The van der Waals surface area contributed by atoms with Crippen molar-refractivity contribution in [2.24, 2.45) is 5.92 Å². The Balaban J connectivity index is 1.86. The first kappa shape index (κ1) is 11.8. The molecule has 0 spiro atoms. The van der Waals surface area contributed by atoms with Crippen LogP contribution in [-0.4, -0.2) is 29.4 Å². The Morgan fingerprint density at radius 1 is 1.62 bits per heavy atom. The molecule has 2 unspecified atom stereocenters. The van der Waals surface area contributed by atoms with Crippen molar-refractivity contribution < 1.29 is 9.84 Å². The lowest BCUT2D eigenvalue weighted by atomic mass is 9.97. The van der Waals surface area contributed by atoms with E-state index >= 15 is 0 Å². The predicted octanol–water partition coefficient (Wildman–Crippen LogP) is 2.06. The molecule has 1 saturated heterocycles. The van der Waals surface area contributed by atoms with Gasteiger partial charge in [-0.3, -0.25) is 4.98 Å². The molecule has 0 radical (unpaired) electrons. The van der Waals surface area contributed by atoms with Crippen molar-refractivity contribution in [1.82, 2.24) is 4.98 Å². The van der Waals surface area contributed by atoms with Crippen molar-refractivity contribution in [3.63, 3.8) is 0 Å². The molecular formula is C12H16ClNO2. The van der Waals surface area contributed by atoms with Crippen LogP contribution < -0.4 is 0 Å². The fourth-order valence-electron chi connectivity index (χ4n) is 2.06. The van der Waals surface area contributed by atoms with Gasteiger partial charge in [0.25, 0.3) is 0 Å². The van der Waals surface area contributed by atoms with E-state index in [1.54, 1.807) is 12.4 Å². The molecule has 0 amide bonds. The Bertz CT molecular complexity index is 340. The Labute approximate surface area is 100 Å². The van der Waals surface area contributed by atoms with Crippen molar-refractivity contribution in [3.8, 4) is 0 Å². The number of halogens is 1. The highest BCUT2D eigenvalue weighted by atomic mass is 35.5. The largest absolute Gasteiger partial charge is 0.393 e. The molecule has 1 aliphatic rings. The summed E-state index contributed by atoms with van der Waals surface area (Å²) in [7, 11) is 0. The molecule has 2 atom stereocenters. The SMILES string of the molecule is OC(Cc1ccncc1Cl)CC1CCOC1. The molecule has 0 aromatic carbocycles. The zero-order valence-electron chi connectivity index (χ0n) is 9.10. The zero-order valence-corrected chi connectivity index (χ0v) is 9.86. The Kier molecular flexibility index (Phi) is 4.16. The molecule has 1 fully saturated rings. The van der Waals surface area contributed by atoms with Crippen molar-refractivity contribution in [1.29, 1.82) is 0 Å². The lowest BCUT2D eigenvalue weighted by molar-refractivity contribution is 0.129. The number of aromatic nitrogens is 1. The van der Waals surface area contributed by atoms with Gasteiger partial charge in [-0.15, -0.1) is 0 Å². The highest BCUT2D eigenvalue weighted by Crippen LogP contribution is 2.22. The van der Waals surface area contributed by atoms with E-state index in [2.05, 4.69) is 4.98 Å². The predicted molar refractivity (Wildman–Crippen MR) is 62.5 cm³/mol. The van der Waals surface area contributed by atoms with Crippen LogP contribution in [0.4, 0.5) is 0 Å². The van der Waals surface area contributed by atoms with Crippen LogP contribution in [0.5, 0.6) is 0 Å². The standard InChI is InChI=1S/C12H16ClNO2/c13-12-7-14-3-1-10(12)6-11(15)5-9-2-4-16-8-9/h1,3,7,9,11,15H,2,4-6,8H2. The van der Waals surface area contributed by atoms with Gasteiger partial charge in [0.2, 0.25) is 0 Å². The van der Waals surface area contributed by atoms with Gasteiger partial charge in [0, 0.05) is 25.6 Å². The number of hydrogen-bond acceptors (Lipinski definition) is 3. The first-order valence-corrected chi connectivity index (χ1v) is 5.97. The summed E-state index contributed by atoms with van der Waals surface area (Å²) >= 11 is 5.99. The molecule has 88 valence electrons. The lowest BCUT2D eigenvalue weighted by Gasteiger charge is -2.14. The lowest BCUT2D eigenvalue weighted by Crippen LogP contribution is -2.16. The number of hydrogen-bond donors (Lipinski definition) is 1. The highest BCUT2D eigenvalue weighted by Gasteiger charge is 2.20. The minimum Gasteiger partial charge on any atom is -0.393 e. The summed E-state index contributed by atoms with van der Waals surface area (Å²) in [4.78, 5) is 3.92. The molecule has 4 heteroatoms. The molecule has 0 bridgehead atoms. The smallest absolute Gasteiger partial charge is 0.0622 e. The first-order valence-electron chi connectivity index (χ1n) is 5.60. The maximum Gasteiger partial charge on any atom is 0.0622 e. The summed E-state index contributed by atoms with van der Waals surface area (Å²) in [5.74, 6) is 0.496. The third-order valence-electron chi connectivity index (χ3n) is 2.94. The zero-order chi connectivity index (χ0) is 11.4. The highest BCUT2D eigenvalue weighted by molar-refractivity contribution is 6.31. The van der Waals surface area contributed by atoms with Gasteiger partial charge >= 0.3 is 0 Å². The second-order valence-corrected chi connectivity index (χ2v) is 4.70. The molecule has 16 heavy (non-hydrogen) atoms. The van der Waals surface area contributed by atoms with Gasteiger partial charge in [-0.05, 0) is 36.8 Å². The summed E-state index contributed by atoms with van der Waals surface area (Å²) in [6.45, 7) is 1.61. The third kappa shape index (κ3) is 3.17. The summed E-state index contributed by atoms with van der Waals surface area (Å²) in [6, 6.07) is 1.86. The Hall–Kier alpha value is -0.640. The van der Waals surface area contributed by atoms with Gasteiger partial charge < -0.3 is 9.84 Å². The Morgan fingerprint density at radius 2 is 2.50 bits per heavy atom. The van der Waals surface area contributed by atoms with Crippen molar-refractivity contribution in [2.45, 2.75) is 25.4 Å². The van der Waals surface area contributed by atoms with E-state index in [1.165, 1.54) is 0 Å². The minimum absolute atomic E-state index is 0.341. The van der Waals surface area contributed by atoms with E-state index in [-0.39, 0.29) is 6.10 Å². The van der Waals surface area contributed by atoms with Crippen LogP contribution >= 0.6 is 11.6 Å². The second kappa shape index (κ2) is 5.62. The van der Waals surface area contributed by atoms with E-state index < -0.39 is 0 Å². The quantitative estimate of drug-likeness (QED) is 0.878. The van der Waals surface area contributed by atoms with Gasteiger partial charge in [0.15, 0.2) is 0 Å². The van der Waals surface area contributed by atoms with Gasteiger partial charge in [0.05, 0.1) is 11.1 Å². The van der Waals surface area contributed by atoms with Crippen molar-refractivity contribution >= 4 is 11.6 Å². The van der Waals surface area contributed by atoms with Crippen LogP contribution in [-0.2, 0) is 11.2 Å². The second-order valence-electron chi connectivity index (χ2n) is 4.29. The van der Waals surface area contributed by atoms with Gasteiger partial charge in [-0.25, -0.2) is 0 Å². The van der Waals surface area contributed by atoms with Crippen LogP contribution in [0.3, 0.4) is 0 Å². The molecule has 2 heterocycles. The molecule has 3 nitrogen and oxygen atoms in total. The molecule has 2 rings (SSSR count). The van der Waals surface area contributed by atoms with Crippen LogP contribution in [0.1, 0.15) is 18.4 Å². The average molecular weight is 242 g/mol. The van der Waals surface area contributed by atoms with E-state index in [0.717, 1.165) is 31.6 Å². The molecule has 1 aliphatic heterocycles. The van der Waals surface area contributed by atoms with E-state index in [1.807, 2.05) is 6.07 Å². The third-order valence-corrected chi connectivity index (χ3v) is 3.28. The molecule has 0 saturated carbocycles. The molecule has 1 N–H and O–H groups in total. The first-order chi connectivity index (χ1) is 7.75. The number of ether oxygens (including phenoxy) is 1. The molecule has 1 aromatic rings. The van der Waals surface area contributed by atoms with Gasteiger partial charge in [-0.2, -0.15) is 0 Å². The van der Waals surface area contributed by atoms with Crippen molar-refractivity contribution in [2.75, 3.05) is 13.2 Å². The van der Waals surface area contributed by atoms with Gasteiger partial charge in [0.1, 0.15) is 0 Å². The fourth-order valence-corrected chi connectivity index (χ4v) is 2.26. The maximum absolute atomic E-state index is 9.95. The molecule has 0 aliphatic carbocycles. The Morgan fingerprint density at radius 3 is 3.19 bits per heavy atom. The summed E-state index contributed by atoms with van der Waals surface area (Å²) in [6.07, 6.45) is 5.42. The van der Waals surface area contributed by atoms with Crippen LogP contribution in [0, 0.1) is 5.92 Å². The normalized spacial score (nSPS) is 22.2.